The minimum absolute atomic E-state index is 0.143. The Bertz CT molecular complexity index is 519. The summed E-state index contributed by atoms with van der Waals surface area (Å²) in [4.78, 5) is 4.41. The Morgan fingerprint density at radius 2 is 1.88 bits per heavy atom. The molecule has 0 bridgehead atoms. The number of hydrogen-bond donors (Lipinski definition) is 0. The molecule has 0 aliphatic heterocycles. The average molecular weight is 253 g/mol. The molecule has 2 rings (SSSR count). The molecular weight excluding hydrogens is 244 g/mol. The number of aromatic nitrogens is 1. The molecule has 2 aromatic rings. The van der Waals surface area contributed by atoms with Crippen LogP contribution in [0.15, 0.2) is 46.3 Å². The molecule has 1 aromatic heterocycles. The first-order valence-corrected chi connectivity index (χ1v) is 5.65. The molecule has 0 aliphatic rings. The van der Waals surface area contributed by atoms with Gasteiger partial charge in [0, 0.05) is 11.0 Å². The number of pyridine rings is 1. The molecule has 2 nitrogen and oxygen atoms in total. The Morgan fingerprint density at radius 1 is 1.18 bits per heavy atom. The second kappa shape index (κ2) is 5.14. The van der Waals surface area contributed by atoms with Gasteiger partial charge in [0.05, 0.1) is 7.11 Å². The van der Waals surface area contributed by atoms with Crippen molar-refractivity contribution in [1.82, 2.24) is 4.98 Å². The quantitative estimate of drug-likeness (QED) is 0.781. The molecule has 17 heavy (non-hydrogen) atoms. The van der Waals surface area contributed by atoms with Gasteiger partial charge in [-0.25, -0.2) is 4.98 Å². The predicted molar refractivity (Wildman–Crippen MR) is 61.3 cm³/mol. The van der Waals surface area contributed by atoms with Crippen LogP contribution >= 0.6 is 11.8 Å². The van der Waals surface area contributed by atoms with Crippen molar-refractivity contribution in [2.24, 2.45) is 0 Å². The van der Waals surface area contributed by atoms with Crippen molar-refractivity contribution in [2.45, 2.75) is 9.92 Å². The lowest BCUT2D eigenvalue weighted by Crippen LogP contribution is -1.96. The van der Waals surface area contributed by atoms with E-state index in [1.54, 1.807) is 0 Å². The number of ether oxygens (including phenoxy) is 1. The molecule has 0 fully saturated rings. The Kier molecular flexibility index (Phi) is 3.58. The molecule has 1 heterocycles. The second-order valence-corrected chi connectivity index (χ2v) is 4.28. The maximum atomic E-state index is 13.1. The van der Waals surface area contributed by atoms with E-state index in [4.69, 9.17) is 4.74 Å². The fourth-order valence-electron chi connectivity index (χ4n) is 1.27. The van der Waals surface area contributed by atoms with Gasteiger partial charge in [0.15, 0.2) is 5.75 Å². The highest BCUT2D eigenvalue weighted by Crippen LogP contribution is 2.30. The summed E-state index contributed by atoms with van der Waals surface area (Å²) in [5, 5.41) is 0.354. The molecule has 0 amide bonds. The lowest BCUT2D eigenvalue weighted by Gasteiger charge is -2.05. The third-order valence-electron chi connectivity index (χ3n) is 2.05. The minimum Gasteiger partial charge on any atom is -0.493 e. The standard InChI is InChI=1S/C12H9F2NOS/c1-16-9-7-10(15-12(14)11(9)13)17-8-5-3-2-4-6-8/h2-7H,1H3. The van der Waals surface area contributed by atoms with E-state index < -0.39 is 11.8 Å². The first-order valence-electron chi connectivity index (χ1n) is 4.83. The van der Waals surface area contributed by atoms with E-state index >= 15 is 0 Å². The predicted octanol–water partition coefficient (Wildman–Crippen LogP) is 3.52. The third kappa shape index (κ3) is 2.74. The van der Waals surface area contributed by atoms with Crippen LogP contribution in [0.5, 0.6) is 5.75 Å². The normalized spacial score (nSPS) is 10.3. The highest BCUT2D eigenvalue weighted by Gasteiger charge is 2.13. The van der Waals surface area contributed by atoms with Gasteiger partial charge in [0.1, 0.15) is 5.03 Å². The SMILES string of the molecule is COc1cc(Sc2ccccc2)nc(F)c1F. The van der Waals surface area contributed by atoms with Crippen molar-refractivity contribution >= 4 is 11.8 Å². The molecule has 0 spiro atoms. The summed E-state index contributed by atoms with van der Waals surface area (Å²) in [5.74, 6) is -2.36. The first-order chi connectivity index (χ1) is 8.20. The zero-order chi connectivity index (χ0) is 12.3. The Labute approximate surface area is 102 Å². The monoisotopic (exact) mass is 253 g/mol. The smallest absolute Gasteiger partial charge is 0.253 e. The van der Waals surface area contributed by atoms with Crippen LogP contribution in [0, 0.1) is 11.8 Å². The van der Waals surface area contributed by atoms with E-state index in [1.165, 1.54) is 24.9 Å². The largest absolute Gasteiger partial charge is 0.493 e. The first kappa shape index (κ1) is 11.9. The summed E-state index contributed by atoms with van der Waals surface area (Å²) in [5.41, 5.74) is 0. The van der Waals surface area contributed by atoms with E-state index in [-0.39, 0.29) is 5.75 Å². The second-order valence-electron chi connectivity index (χ2n) is 3.18. The van der Waals surface area contributed by atoms with Crippen LogP contribution in [0.2, 0.25) is 0 Å². The molecular formula is C12H9F2NOS. The van der Waals surface area contributed by atoms with Gasteiger partial charge in [-0.05, 0) is 12.1 Å². The highest BCUT2D eigenvalue weighted by molar-refractivity contribution is 7.99. The summed E-state index contributed by atoms with van der Waals surface area (Å²) in [6.45, 7) is 0. The number of hydrogen-bond acceptors (Lipinski definition) is 3. The van der Waals surface area contributed by atoms with Crippen LogP contribution in [-0.2, 0) is 0 Å². The van der Waals surface area contributed by atoms with Gasteiger partial charge in [-0.3, -0.25) is 0 Å². The molecule has 0 saturated carbocycles. The fourth-order valence-corrected chi connectivity index (χ4v) is 2.09. The van der Waals surface area contributed by atoms with E-state index in [0.29, 0.717) is 5.03 Å². The van der Waals surface area contributed by atoms with Gasteiger partial charge in [-0.2, -0.15) is 8.78 Å². The summed E-state index contributed by atoms with van der Waals surface area (Å²) in [7, 11) is 1.29. The minimum atomic E-state index is -1.15. The van der Waals surface area contributed by atoms with Gasteiger partial charge in [0.25, 0.3) is 5.95 Å². The summed E-state index contributed by atoms with van der Waals surface area (Å²) >= 11 is 1.24. The van der Waals surface area contributed by atoms with Crippen LogP contribution < -0.4 is 4.74 Å². The zero-order valence-corrected chi connectivity index (χ0v) is 9.80. The molecule has 0 aliphatic carbocycles. The maximum Gasteiger partial charge on any atom is 0.253 e. The van der Waals surface area contributed by atoms with Crippen LogP contribution in [0.25, 0.3) is 0 Å². The summed E-state index contributed by atoms with van der Waals surface area (Å²) in [6, 6.07) is 10.7. The highest BCUT2D eigenvalue weighted by atomic mass is 32.2. The fraction of sp³-hybridized carbons (Fsp3) is 0.0833. The van der Waals surface area contributed by atoms with Crippen molar-refractivity contribution in [2.75, 3.05) is 7.11 Å². The van der Waals surface area contributed by atoms with Crippen molar-refractivity contribution in [3.63, 3.8) is 0 Å². The van der Waals surface area contributed by atoms with E-state index in [2.05, 4.69) is 4.98 Å². The molecule has 0 atom stereocenters. The molecule has 1 aromatic carbocycles. The number of nitrogens with zero attached hydrogens (tertiary/aromatic N) is 1. The Morgan fingerprint density at radius 3 is 2.53 bits per heavy atom. The van der Waals surface area contributed by atoms with Gasteiger partial charge >= 0.3 is 0 Å². The van der Waals surface area contributed by atoms with Crippen LogP contribution in [0.1, 0.15) is 0 Å². The molecule has 88 valence electrons. The van der Waals surface area contributed by atoms with Gasteiger partial charge in [0.2, 0.25) is 5.82 Å². The number of benzene rings is 1. The Hall–Kier alpha value is -1.62. The lowest BCUT2D eigenvalue weighted by molar-refractivity contribution is 0.361. The molecule has 0 radical (unpaired) electrons. The van der Waals surface area contributed by atoms with Crippen LogP contribution in [0.3, 0.4) is 0 Å². The van der Waals surface area contributed by atoms with Crippen LogP contribution in [-0.4, -0.2) is 12.1 Å². The summed E-state index contributed by atoms with van der Waals surface area (Å²) < 4.78 is 31.0. The maximum absolute atomic E-state index is 13.1. The molecule has 0 N–H and O–H groups in total. The number of methoxy groups -OCH3 is 1. The number of rotatable bonds is 3. The molecule has 0 unspecified atom stereocenters. The Balaban J connectivity index is 2.31. The van der Waals surface area contributed by atoms with E-state index in [9.17, 15) is 8.78 Å². The van der Waals surface area contributed by atoms with Crippen molar-refractivity contribution in [1.29, 1.82) is 0 Å². The topological polar surface area (TPSA) is 22.1 Å². The van der Waals surface area contributed by atoms with E-state index in [1.807, 2.05) is 30.3 Å². The lowest BCUT2D eigenvalue weighted by atomic mass is 10.4. The van der Waals surface area contributed by atoms with Gasteiger partial charge in [-0.1, -0.05) is 30.0 Å². The van der Waals surface area contributed by atoms with E-state index in [0.717, 1.165) is 4.90 Å². The molecule has 5 heteroatoms. The van der Waals surface area contributed by atoms with Crippen molar-refractivity contribution in [3.8, 4) is 5.75 Å². The molecule has 0 saturated heterocycles. The average Bonchev–Trinajstić information content (AvgIpc) is 2.35. The van der Waals surface area contributed by atoms with Crippen molar-refractivity contribution in [3.05, 3.63) is 48.2 Å². The van der Waals surface area contributed by atoms with Crippen LogP contribution in [0.4, 0.5) is 8.78 Å². The summed E-state index contributed by atoms with van der Waals surface area (Å²) in [6.07, 6.45) is 0. The zero-order valence-electron chi connectivity index (χ0n) is 8.98. The van der Waals surface area contributed by atoms with Gasteiger partial charge < -0.3 is 4.74 Å². The van der Waals surface area contributed by atoms with Crippen molar-refractivity contribution < 1.29 is 13.5 Å². The number of halogens is 2. The third-order valence-corrected chi connectivity index (χ3v) is 2.97. The van der Waals surface area contributed by atoms with Gasteiger partial charge in [-0.15, -0.1) is 0 Å².